The van der Waals surface area contributed by atoms with Gasteiger partial charge < -0.3 is 9.05 Å². The van der Waals surface area contributed by atoms with Crippen LogP contribution < -0.4 is 0 Å². The van der Waals surface area contributed by atoms with Crippen molar-refractivity contribution in [3.05, 3.63) is 6.42 Å². The minimum absolute atomic E-state index is 0.0239. The minimum atomic E-state index is -2.71. The molecule has 0 bridgehead atoms. The molecule has 0 amide bonds. The van der Waals surface area contributed by atoms with Gasteiger partial charge in [-0.05, 0) is 12.8 Å². The van der Waals surface area contributed by atoms with E-state index < -0.39 is 7.60 Å². The van der Waals surface area contributed by atoms with Crippen LogP contribution in [0.15, 0.2) is 0 Å². The molecule has 0 saturated carbocycles. The second kappa shape index (κ2) is 3.49. The van der Waals surface area contributed by atoms with E-state index in [1.165, 1.54) is 6.66 Å². The summed E-state index contributed by atoms with van der Waals surface area (Å²) in [6, 6.07) is 0. The maximum atomic E-state index is 11.3. The number of hydrogen-bond acceptors (Lipinski definition) is 3. The second-order valence-electron chi connectivity index (χ2n) is 3.32. The van der Waals surface area contributed by atoms with Crippen molar-refractivity contribution in [2.24, 2.45) is 5.41 Å². The summed E-state index contributed by atoms with van der Waals surface area (Å²) >= 11 is 0. The van der Waals surface area contributed by atoms with E-state index in [4.69, 9.17) is 9.05 Å². The molecule has 1 rings (SSSR count). The van der Waals surface area contributed by atoms with Gasteiger partial charge in [0.15, 0.2) is 0 Å². The summed E-state index contributed by atoms with van der Waals surface area (Å²) in [6.45, 7) is 6.63. The van der Waals surface area contributed by atoms with E-state index in [1.54, 1.807) is 0 Å². The Morgan fingerprint density at radius 2 is 2.00 bits per heavy atom. The first-order valence-corrected chi connectivity index (χ1v) is 6.20. The lowest BCUT2D eigenvalue weighted by molar-refractivity contribution is 0.0383. The van der Waals surface area contributed by atoms with Gasteiger partial charge in [-0.3, -0.25) is 4.57 Å². The quantitative estimate of drug-likeness (QED) is 0.629. The van der Waals surface area contributed by atoms with Crippen molar-refractivity contribution in [1.29, 1.82) is 0 Å². The van der Waals surface area contributed by atoms with Crippen LogP contribution in [-0.4, -0.2) is 19.9 Å². The second-order valence-corrected chi connectivity index (χ2v) is 5.38. The minimum Gasteiger partial charge on any atom is -0.308 e. The van der Waals surface area contributed by atoms with E-state index in [-0.39, 0.29) is 5.41 Å². The van der Waals surface area contributed by atoms with Crippen LogP contribution in [0.3, 0.4) is 0 Å². The van der Waals surface area contributed by atoms with E-state index in [0.717, 1.165) is 6.42 Å². The Bertz CT molecular complexity index is 184. The molecule has 0 unspecified atom stereocenters. The fourth-order valence-electron chi connectivity index (χ4n) is 1.15. The molecule has 1 heterocycles. The van der Waals surface area contributed by atoms with Crippen LogP contribution >= 0.6 is 7.60 Å². The Morgan fingerprint density at radius 3 is 2.33 bits per heavy atom. The molecule has 0 aromatic heterocycles. The van der Waals surface area contributed by atoms with Gasteiger partial charge in [0.1, 0.15) is 0 Å². The zero-order valence-corrected chi connectivity index (χ0v) is 8.77. The third kappa shape index (κ3) is 2.09. The van der Waals surface area contributed by atoms with Gasteiger partial charge in [-0.15, -0.1) is 0 Å². The molecule has 1 aliphatic rings. The Kier molecular flexibility index (Phi) is 2.97. The Labute approximate surface area is 74.0 Å². The lowest BCUT2D eigenvalue weighted by Gasteiger charge is -2.36. The molecule has 0 aliphatic carbocycles. The summed E-state index contributed by atoms with van der Waals surface area (Å²) in [5.41, 5.74) is -0.0239. The van der Waals surface area contributed by atoms with Crippen molar-refractivity contribution >= 4 is 7.60 Å². The fraction of sp³-hybridized carbons (Fsp3) is 0.875. The molecule has 0 N–H and O–H groups in total. The smallest absolute Gasteiger partial charge is 0.308 e. The van der Waals surface area contributed by atoms with Gasteiger partial charge >= 0.3 is 7.60 Å². The Balaban J connectivity index is 2.59. The lowest BCUT2D eigenvalue weighted by Crippen LogP contribution is -2.34. The monoisotopic (exact) mass is 191 g/mol. The maximum Gasteiger partial charge on any atom is 0.327 e. The highest BCUT2D eigenvalue weighted by Crippen LogP contribution is 2.51. The molecule has 1 fully saturated rings. The first kappa shape index (κ1) is 10.2. The largest absolute Gasteiger partial charge is 0.327 e. The molecule has 1 saturated heterocycles. The van der Waals surface area contributed by atoms with Gasteiger partial charge in [0.2, 0.25) is 0 Å². The first-order chi connectivity index (χ1) is 5.54. The molecule has 12 heavy (non-hydrogen) atoms. The molecule has 1 aliphatic heterocycles. The molecule has 1 radical (unpaired) electrons. The topological polar surface area (TPSA) is 35.5 Å². The van der Waals surface area contributed by atoms with Crippen molar-refractivity contribution in [3.8, 4) is 0 Å². The Morgan fingerprint density at radius 1 is 1.50 bits per heavy atom. The highest BCUT2D eigenvalue weighted by Gasteiger charge is 2.37. The molecular weight excluding hydrogens is 175 g/mol. The van der Waals surface area contributed by atoms with Crippen LogP contribution in [0.5, 0.6) is 0 Å². The van der Waals surface area contributed by atoms with Crippen LogP contribution in [0.2, 0.25) is 0 Å². The predicted molar refractivity (Wildman–Crippen MR) is 48.1 cm³/mol. The summed E-state index contributed by atoms with van der Waals surface area (Å²) in [6.07, 6.45) is 3.04. The van der Waals surface area contributed by atoms with Crippen molar-refractivity contribution in [2.45, 2.75) is 20.3 Å². The molecule has 4 heteroatoms. The zero-order valence-electron chi connectivity index (χ0n) is 7.87. The third-order valence-electron chi connectivity index (χ3n) is 2.49. The third-order valence-corrected chi connectivity index (χ3v) is 3.69. The first-order valence-electron chi connectivity index (χ1n) is 4.21. The van der Waals surface area contributed by atoms with Crippen LogP contribution in [-0.2, 0) is 13.6 Å². The normalized spacial score (nSPS) is 26.9. The van der Waals surface area contributed by atoms with E-state index in [1.807, 2.05) is 6.92 Å². The summed E-state index contributed by atoms with van der Waals surface area (Å²) in [5, 5.41) is 0. The van der Waals surface area contributed by atoms with Gasteiger partial charge in [0.25, 0.3) is 0 Å². The molecule has 0 aromatic carbocycles. The molecule has 3 nitrogen and oxygen atoms in total. The van der Waals surface area contributed by atoms with Gasteiger partial charge in [-0.1, -0.05) is 13.8 Å². The zero-order chi connectivity index (χ0) is 9.24. The van der Waals surface area contributed by atoms with Crippen LogP contribution in [0.1, 0.15) is 20.3 Å². The lowest BCUT2D eigenvalue weighted by atomic mass is 9.84. The number of hydrogen-bond donors (Lipinski definition) is 0. The average Bonchev–Trinajstić information content (AvgIpc) is 2.06. The summed E-state index contributed by atoms with van der Waals surface area (Å²) in [7, 11) is -2.71. The van der Waals surface area contributed by atoms with E-state index >= 15 is 0 Å². The molecule has 0 spiro atoms. The summed E-state index contributed by atoms with van der Waals surface area (Å²) in [4.78, 5) is 0. The Hall–Kier alpha value is 0.150. The van der Waals surface area contributed by atoms with Crippen LogP contribution in [0.4, 0.5) is 0 Å². The predicted octanol–water partition coefficient (Wildman–Crippen LogP) is 2.48. The van der Waals surface area contributed by atoms with E-state index in [9.17, 15) is 4.57 Å². The molecule has 71 valence electrons. The van der Waals surface area contributed by atoms with Crippen molar-refractivity contribution in [3.63, 3.8) is 0 Å². The van der Waals surface area contributed by atoms with Gasteiger partial charge in [0.05, 0.1) is 13.2 Å². The fourth-order valence-corrected chi connectivity index (χ4v) is 2.20. The molecule has 0 aromatic rings. The van der Waals surface area contributed by atoms with Gasteiger partial charge in [-0.2, -0.15) is 0 Å². The summed E-state index contributed by atoms with van der Waals surface area (Å²) < 4.78 is 21.6. The van der Waals surface area contributed by atoms with E-state index in [2.05, 4.69) is 13.3 Å². The highest BCUT2D eigenvalue weighted by atomic mass is 31.2. The van der Waals surface area contributed by atoms with Crippen LogP contribution in [0.25, 0.3) is 0 Å². The molecule has 0 atom stereocenters. The average molecular weight is 191 g/mol. The van der Waals surface area contributed by atoms with Gasteiger partial charge in [0, 0.05) is 12.1 Å². The standard InChI is InChI=1S/C8H16O3P/c1-4-8(5-2)6-10-12(3,9)11-7-8/h4H,5-7H2,1-3H3. The molecular formula is C8H16O3P. The van der Waals surface area contributed by atoms with E-state index in [0.29, 0.717) is 13.2 Å². The van der Waals surface area contributed by atoms with Crippen molar-refractivity contribution < 1.29 is 13.6 Å². The highest BCUT2D eigenvalue weighted by molar-refractivity contribution is 7.53. The maximum absolute atomic E-state index is 11.3. The van der Waals surface area contributed by atoms with Crippen LogP contribution in [0, 0.1) is 11.8 Å². The SMILES string of the molecule is C[CH]C1(CC)COP(C)(=O)OC1. The van der Waals surface area contributed by atoms with Crippen molar-refractivity contribution in [1.82, 2.24) is 0 Å². The van der Waals surface area contributed by atoms with Gasteiger partial charge in [-0.25, -0.2) is 0 Å². The summed E-state index contributed by atoms with van der Waals surface area (Å²) in [5.74, 6) is 0. The van der Waals surface area contributed by atoms with Crippen molar-refractivity contribution in [2.75, 3.05) is 19.9 Å². The number of rotatable bonds is 2.